The van der Waals surface area contributed by atoms with Gasteiger partial charge >= 0.3 is 7.12 Å². The maximum atomic E-state index is 9.80. The summed E-state index contributed by atoms with van der Waals surface area (Å²) < 4.78 is 7.04. The monoisotopic (exact) mass is 375 g/mol. The van der Waals surface area contributed by atoms with Gasteiger partial charge < -0.3 is 20.5 Å². The highest BCUT2D eigenvalue weighted by molar-refractivity contribution is 6.60. The first-order valence-corrected chi connectivity index (χ1v) is 8.60. The van der Waals surface area contributed by atoms with Crippen LogP contribution in [0.15, 0.2) is 48.8 Å². The van der Waals surface area contributed by atoms with Crippen LogP contribution >= 0.6 is 0 Å². The molecule has 0 aliphatic rings. The van der Waals surface area contributed by atoms with Gasteiger partial charge in [0.05, 0.1) is 18.5 Å². The van der Waals surface area contributed by atoms with Gasteiger partial charge in [-0.15, -0.1) is 5.10 Å². The highest BCUT2D eigenvalue weighted by Gasteiger charge is 2.22. The van der Waals surface area contributed by atoms with Gasteiger partial charge in [0.15, 0.2) is 5.82 Å². The number of aryl methyl sites for hydroxylation is 1. The number of nitrogens with two attached hydrogens (primary N) is 1. The minimum absolute atomic E-state index is 0.262. The van der Waals surface area contributed by atoms with Crippen molar-refractivity contribution in [1.29, 1.82) is 0 Å². The Hall–Kier alpha value is -3.43. The molecule has 2 aromatic heterocycles. The lowest BCUT2D eigenvalue weighted by Crippen LogP contribution is -2.31. The van der Waals surface area contributed by atoms with Crippen molar-refractivity contribution in [2.45, 2.75) is 6.92 Å². The van der Waals surface area contributed by atoms with Crippen molar-refractivity contribution in [2.24, 2.45) is 0 Å². The molecule has 0 spiro atoms. The van der Waals surface area contributed by atoms with Gasteiger partial charge in [-0.1, -0.05) is 6.07 Å². The third-order valence-corrected chi connectivity index (χ3v) is 4.68. The van der Waals surface area contributed by atoms with E-state index in [2.05, 4.69) is 15.3 Å². The fraction of sp³-hybridized carbons (Fsp3) is 0.105. The van der Waals surface area contributed by atoms with Crippen LogP contribution in [-0.4, -0.2) is 44.3 Å². The molecule has 0 aliphatic carbocycles. The van der Waals surface area contributed by atoms with E-state index in [0.29, 0.717) is 11.6 Å². The first-order chi connectivity index (χ1) is 13.5. The Balaban J connectivity index is 2.02. The molecule has 4 rings (SSSR count). The summed E-state index contributed by atoms with van der Waals surface area (Å²) in [5, 5.41) is 33.6. The molecule has 0 bridgehead atoms. The van der Waals surface area contributed by atoms with Gasteiger partial charge in [0.1, 0.15) is 5.75 Å². The normalized spacial score (nSPS) is 11.0. The molecule has 4 N–H and O–H groups in total. The number of hydrogen-bond donors (Lipinski definition) is 3. The van der Waals surface area contributed by atoms with E-state index in [4.69, 9.17) is 10.5 Å². The number of nitrogen functional groups attached to an aromatic ring is 1. The van der Waals surface area contributed by atoms with E-state index < -0.39 is 7.12 Å². The van der Waals surface area contributed by atoms with Crippen LogP contribution in [0.4, 0.5) is 5.82 Å². The standard InChI is InChI=1S/C19H18BN5O3/c1-11-14-8-12(4-5-13(14)19(21)24-23-11)15-9-16(20(26)27)18(28-2)10-17(15)25-7-3-6-22-25/h3-10,26-27H,1-2H3,(H2,21,24). The van der Waals surface area contributed by atoms with Crippen molar-refractivity contribution < 1.29 is 14.8 Å². The molecule has 140 valence electrons. The Labute approximate surface area is 161 Å². The van der Waals surface area contributed by atoms with Gasteiger partial charge in [-0.05, 0) is 36.8 Å². The second-order valence-electron chi connectivity index (χ2n) is 6.37. The molecule has 0 amide bonds. The van der Waals surface area contributed by atoms with Crippen LogP contribution in [0.2, 0.25) is 0 Å². The number of hydrogen-bond acceptors (Lipinski definition) is 7. The summed E-state index contributed by atoms with van der Waals surface area (Å²) in [5.74, 6) is 0.719. The third kappa shape index (κ3) is 2.96. The molecule has 0 saturated heterocycles. The Kier molecular flexibility index (Phi) is 4.46. The number of nitrogens with zero attached hydrogens (tertiary/aromatic N) is 4. The van der Waals surface area contributed by atoms with Crippen LogP contribution in [0.3, 0.4) is 0 Å². The second kappa shape index (κ2) is 6.95. The maximum absolute atomic E-state index is 9.80. The Morgan fingerprint density at radius 3 is 2.61 bits per heavy atom. The molecule has 0 aliphatic heterocycles. The SMILES string of the molecule is COc1cc(-n2cccn2)c(-c2ccc3c(N)nnc(C)c3c2)cc1B(O)O. The molecule has 28 heavy (non-hydrogen) atoms. The summed E-state index contributed by atoms with van der Waals surface area (Å²) in [6.45, 7) is 1.86. The Morgan fingerprint density at radius 1 is 1.11 bits per heavy atom. The van der Waals surface area contributed by atoms with Crippen molar-refractivity contribution in [2.75, 3.05) is 12.8 Å². The number of ether oxygens (including phenoxy) is 1. The molecule has 0 fully saturated rings. The lowest BCUT2D eigenvalue weighted by molar-refractivity contribution is 0.403. The predicted octanol–water partition coefficient (Wildman–Crippen LogP) is 1.06. The van der Waals surface area contributed by atoms with Crippen molar-refractivity contribution >= 4 is 29.2 Å². The summed E-state index contributed by atoms with van der Waals surface area (Å²) in [5.41, 5.74) is 9.30. The highest BCUT2D eigenvalue weighted by Crippen LogP contribution is 2.32. The number of methoxy groups -OCH3 is 1. The van der Waals surface area contributed by atoms with Crippen molar-refractivity contribution in [1.82, 2.24) is 20.0 Å². The van der Waals surface area contributed by atoms with Crippen LogP contribution in [0.5, 0.6) is 5.75 Å². The van der Waals surface area contributed by atoms with Gasteiger partial charge in [0, 0.05) is 40.3 Å². The van der Waals surface area contributed by atoms with E-state index in [9.17, 15) is 10.0 Å². The lowest BCUT2D eigenvalue weighted by Gasteiger charge is -2.16. The molecule has 0 atom stereocenters. The average molecular weight is 375 g/mol. The van der Waals surface area contributed by atoms with E-state index in [1.54, 1.807) is 23.0 Å². The number of aromatic nitrogens is 4. The summed E-state index contributed by atoms with van der Waals surface area (Å²) in [6, 6.07) is 11.0. The molecule has 0 radical (unpaired) electrons. The molecular weight excluding hydrogens is 357 g/mol. The van der Waals surface area contributed by atoms with E-state index in [0.717, 1.165) is 33.3 Å². The highest BCUT2D eigenvalue weighted by atomic mass is 16.5. The number of benzene rings is 2. The van der Waals surface area contributed by atoms with Gasteiger partial charge in [-0.25, -0.2) is 4.68 Å². The maximum Gasteiger partial charge on any atom is 0.492 e. The third-order valence-electron chi connectivity index (χ3n) is 4.68. The average Bonchev–Trinajstić information content (AvgIpc) is 3.24. The molecule has 2 heterocycles. The van der Waals surface area contributed by atoms with E-state index in [1.165, 1.54) is 7.11 Å². The molecule has 4 aromatic rings. The van der Waals surface area contributed by atoms with Crippen molar-refractivity contribution in [3.05, 3.63) is 54.5 Å². The fourth-order valence-electron chi connectivity index (χ4n) is 3.27. The van der Waals surface area contributed by atoms with E-state index >= 15 is 0 Å². The summed E-state index contributed by atoms with van der Waals surface area (Å²) in [7, 11) is -0.196. The van der Waals surface area contributed by atoms with Crippen LogP contribution in [0.25, 0.3) is 27.6 Å². The Bertz CT molecular complexity index is 1160. The predicted molar refractivity (Wildman–Crippen MR) is 108 cm³/mol. The largest absolute Gasteiger partial charge is 0.497 e. The number of rotatable bonds is 4. The lowest BCUT2D eigenvalue weighted by atomic mass is 9.77. The molecule has 9 heteroatoms. The Morgan fingerprint density at radius 2 is 1.93 bits per heavy atom. The smallest absolute Gasteiger partial charge is 0.492 e. The van der Waals surface area contributed by atoms with Crippen LogP contribution < -0.4 is 15.9 Å². The van der Waals surface area contributed by atoms with Crippen LogP contribution in [0, 0.1) is 6.92 Å². The van der Waals surface area contributed by atoms with Crippen LogP contribution in [0.1, 0.15) is 5.69 Å². The van der Waals surface area contributed by atoms with Gasteiger partial charge in [-0.3, -0.25) is 0 Å². The number of fused-ring (bicyclic) bond motifs is 1. The zero-order chi connectivity index (χ0) is 19.8. The zero-order valence-electron chi connectivity index (χ0n) is 15.4. The van der Waals surface area contributed by atoms with Crippen molar-refractivity contribution in [3.8, 4) is 22.6 Å². The number of anilines is 1. The second-order valence-corrected chi connectivity index (χ2v) is 6.37. The fourth-order valence-corrected chi connectivity index (χ4v) is 3.27. The molecule has 0 unspecified atom stereocenters. The topological polar surface area (TPSA) is 119 Å². The van der Waals surface area contributed by atoms with Gasteiger partial charge in [0.2, 0.25) is 0 Å². The molecule has 0 saturated carbocycles. The summed E-state index contributed by atoms with van der Waals surface area (Å²) >= 11 is 0. The van der Waals surface area contributed by atoms with Gasteiger partial charge in [-0.2, -0.15) is 10.2 Å². The van der Waals surface area contributed by atoms with Gasteiger partial charge in [0.25, 0.3) is 0 Å². The summed E-state index contributed by atoms with van der Waals surface area (Å²) in [6.07, 6.45) is 3.48. The van der Waals surface area contributed by atoms with Crippen LogP contribution in [-0.2, 0) is 0 Å². The molecule has 2 aromatic carbocycles. The summed E-state index contributed by atoms with van der Waals surface area (Å²) in [4.78, 5) is 0. The quantitative estimate of drug-likeness (QED) is 0.456. The zero-order valence-corrected chi connectivity index (χ0v) is 15.4. The molecule has 8 nitrogen and oxygen atoms in total. The van der Waals surface area contributed by atoms with Crippen molar-refractivity contribution in [3.63, 3.8) is 0 Å². The van der Waals surface area contributed by atoms with E-state index in [1.807, 2.05) is 37.4 Å². The van der Waals surface area contributed by atoms with E-state index in [-0.39, 0.29) is 5.46 Å². The first kappa shape index (κ1) is 18.0. The first-order valence-electron chi connectivity index (χ1n) is 8.60. The molecular formula is C19H18BN5O3. The minimum atomic E-state index is -1.68. The minimum Gasteiger partial charge on any atom is -0.497 e.